The average Bonchev–Trinajstić information content (AvgIpc) is 2.99. The van der Waals surface area contributed by atoms with Crippen molar-refractivity contribution in [1.29, 1.82) is 0 Å². The lowest BCUT2D eigenvalue weighted by molar-refractivity contribution is -0.187. The topological polar surface area (TPSA) is 65.2 Å². The van der Waals surface area contributed by atoms with E-state index in [0.29, 0.717) is 34.0 Å². The summed E-state index contributed by atoms with van der Waals surface area (Å²) >= 11 is 0. The van der Waals surface area contributed by atoms with Crippen LogP contribution in [0.5, 0.6) is 0 Å². The van der Waals surface area contributed by atoms with Crippen LogP contribution in [0.1, 0.15) is 92.9 Å². The molecule has 0 amide bonds. The van der Waals surface area contributed by atoms with Crippen molar-refractivity contribution >= 4 is 11.4 Å². The molecule has 1 unspecified atom stereocenters. The standard InChI is InChI=1S/C24H40N2O2/c1-15(25-27)16-9-13-23(5)17(16)7-8-19-22(4)12-11-20(26-28)21(2,3)18(22)10-14-24(19,23)6/h16-19,27-28H,7-14H2,1-6H3/b25-15+,26-20-/t16?,17-,18+,19-,22+,23-,24-/m1/s1. The second-order valence-corrected chi connectivity index (χ2v) is 11.8. The molecule has 4 fully saturated rings. The van der Waals surface area contributed by atoms with Gasteiger partial charge in [0.05, 0.1) is 11.4 Å². The van der Waals surface area contributed by atoms with Crippen LogP contribution in [0.25, 0.3) is 0 Å². The van der Waals surface area contributed by atoms with E-state index >= 15 is 0 Å². The first-order chi connectivity index (χ1) is 13.1. The van der Waals surface area contributed by atoms with Crippen LogP contribution in [0.4, 0.5) is 0 Å². The number of rotatable bonds is 1. The highest BCUT2D eigenvalue weighted by Gasteiger charge is 2.68. The number of hydrogen-bond donors (Lipinski definition) is 2. The molecule has 0 heterocycles. The zero-order chi connectivity index (χ0) is 20.5. The van der Waals surface area contributed by atoms with Crippen molar-refractivity contribution in [3.63, 3.8) is 0 Å². The molecule has 0 aliphatic heterocycles. The molecule has 28 heavy (non-hydrogen) atoms. The molecule has 0 bridgehead atoms. The Morgan fingerprint density at radius 2 is 1.54 bits per heavy atom. The van der Waals surface area contributed by atoms with Gasteiger partial charge in [-0.15, -0.1) is 0 Å². The van der Waals surface area contributed by atoms with Crippen LogP contribution >= 0.6 is 0 Å². The third-order valence-electron chi connectivity index (χ3n) is 11.0. The molecule has 0 radical (unpaired) electrons. The minimum Gasteiger partial charge on any atom is -0.411 e. The molecule has 0 aromatic rings. The summed E-state index contributed by atoms with van der Waals surface area (Å²) in [6.45, 7) is 14.4. The minimum absolute atomic E-state index is 0.0147. The first-order valence-electron chi connectivity index (χ1n) is 11.5. The second kappa shape index (κ2) is 6.22. The van der Waals surface area contributed by atoms with Gasteiger partial charge in [0.2, 0.25) is 0 Å². The summed E-state index contributed by atoms with van der Waals surface area (Å²) in [5, 5.41) is 26.4. The first kappa shape index (κ1) is 20.2. The van der Waals surface area contributed by atoms with Gasteiger partial charge < -0.3 is 10.4 Å². The van der Waals surface area contributed by atoms with Crippen LogP contribution in [0.15, 0.2) is 10.3 Å². The summed E-state index contributed by atoms with van der Waals surface area (Å²) in [6, 6.07) is 0. The van der Waals surface area contributed by atoms with Gasteiger partial charge in [-0.1, -0.05) is 44.9 Å². The Labute approximate surface area is 170 Å². The summed E-state index contributed by atoms with van der Waals surface area (Å²) in [5.74, 6) is 2.42. The summed E-state index contributed by atoms with van der Waals surface area (Å²) in [4.78, 5) is 0. The van der Waals surface area contributed by atoms with Gasteiger partial charge >= 0.3 is 0 Å². The predicted octanol–water partition coefficient (Wildman–Crippen LogP) is 6.35. The molecule has 4 heteroatoms. The van der Waals surface area contributed by atoms with Crippen LogP contribution in [-0.2, 0) is 0 Å². The van der Waals surface area contributed by atoms with E-state index in [1.165, 1.54) is 38.5 Å². The molecule has 4 aliphatic rings. The van der Waals surface area contributed by atoms with Gasteiger partial charge in [-0.05, 0) is 92.3 Å². The van der Waals surface area contributed by atoms with Crippen LogP contribution in [0, 0.1) is 45.3 Å². The third-order valence-corrected chi connectivity index (χ3v) is 11.0. The fraction of sp³-hybridized carbons (Fsp3) is 0.917. The van der Waals surface area contributed by atoms with Crippen LogP contribution in [0.2, 0.25) is 0 Å². The third kappa shape index (κ3) is 2.29. The number of nitrogens with zero attached hydrogens (tertiary/aromatic N) is 2. The summed E-state index contributed by atoms with van der Waals surface area (Å²) in [6.07, 6.45) is 9.58. The first-order valence-corrected chi connectivity index (χ1v) is 11.5. The summed E-state index contributed by atoms with van der Waals surface area (Å²) < 4.78 is 0. The zero-order valence-electron chi connectivity index (χ0n) is 18.8. The van der Waals surface area contributed by atoms with Crippen molar-refractivity contribution < 1.29 is 10.4 Å². The Morgan fingerprint density at radius 3 is 2.18 bits per heavy atom. The highest BCUT2D eigenvalue weighted by molar-refractivity contribution is 5.90. The lowest BCUT2D eigenvalue weighted by Crippen LogP contribution is -2.63. The second-order valence-electron chi connectivity index (χ2n) is 11.8. The van der Waals surface area contributed by atoms with Crippen molar-refractivity contribution in [2.75, 3.05) is 0 Å². The molecule has 4 saturated carbocycles. The maximum absolute atomic E-state index is 9.61. The van der Waals surface area contributed by atoms with Gasteiger partial charge in [-0.25, -0.2) is 0 Å². The lowest BCUT2D eigenvalue weighted by atomic mass is 9.35. The Bertz CT molecular complexity index is 713. The molecule has 4 nitrogen and oxygen atoms in total. The van der Waals surface area contributed by atoms with Gasteiger partial charge in [0.15, 0.2) is 0 Å². The lowest BCUT2D eigenvalue weighted by Gasteiger charge is -2.69. The SMILES string of the molecule is C/C(=N\O)C1CC[C@]2(C)[C@@H]1CC[C@@H]1[C@@]3(C)CC/C(=N/O)C(C)(C)[C@@H]3CC[C@]12C. The Morgan fingerprint density at radius 1 is 0.857 bits per heavy atom. The fourth-order valence-corrected chi connectivity index (χ4v) is 9.31. The van der Waals surface area contributed by atoms with Crippen molar-refractivity contribution in [1.82, 2.24) is 0 Å². The van der Waals surface area contributed by atoms with Gasteiger partial charge in [0.1, 0.15) is 0 Å². The Hall–Kier alpha value is -1.06. The van der Waals surface area contributed by atoms with Gasteiger partial charge in [0, 0.05) is 11.3 Å². The molecule has 4 aliphatic carbocycles. The van der Waals surface area contributed by atoms with Gasteiger partial charge in [-0.2, -0.15) is 0 Å². The van der Waals surface area contributed by atoms with Crippen LogP contribution in [0.3, 0.4) is 0 Å². The van der Waals surface area contributed by atoms with E-state index in [0.717, 1.165) is 30.2 Å². The highest BCUT2D eigenvalue weighted by Crippen LogP contribution is 2.74. The van der Waals surface area contributed by atoms with E-state index in [1.807, 2.05) is 6.92 Å². The van der Waals surface area contributed by atoms with Crippen molar-refractivity contribution in [3.05, 3.63) is 0 Å². The van der Waals surface area contributed by atoms with E-state index in [4.69, 9.17) is 0 Å². The monoisotopic (exact) mass is 388 g/mol. The fourth-order valence-electron chi connectivity index (χ4n) is 9.31. The molecule has 0 aromatic carbocycles. The summed E-state index contributed by atoms with van der Waals surface area (Å²) in [7, 11) is 0. The largest absolute Gasteiger partial charge is 0.411 e. The Kier molecular flexibility index (Phi) is 4.49. The van der Waals surface area contributed by atoms with Crippen molar-refractivity contribution in [2.45, 2.75) is 92.9 Å². The number of hydrogen-bond acceptors (Lipinski definition) is 4. The molecule has 4 rings (SSSR count). The van der Waals surface area contributed by atoms with E-state index < -0.39 is 0 Å². The normalized spacial score (nSPS) is 52.1. The molecular weight excluding hydrogens is 348 g/mol. The van der Waals surface area contributed by atoms with Crippen molar-refractivity contribution in [2.24, 2.45) is 55.6 Å². The maximum atomic E-state index is 9.61. The molecule has 2 N–H and O–H groups in total. The summed E-state index contributed by atoms with van der Waals surface area (Å²) in [5.41, 5.74) is 2.93. The van der Waals surface area contributed by atoms with Crippen LogP contribution in [-0.4, -0.2) is 21.8 Å². The Balaban J connectivity index is 1.73. The van der Waals surface area contributed by atoms with Gasteiger partial charge in [0.25, 0.3) is 0 Å². The van der Waals surface area contributed by atoms with E-state index in [9.17, 15) is 10.4 Å². The number of fused-ring (bicyclic) bond motifs is 5. The molecule has 0 spiro atoms. The van der Waals surface area contributed by atoms with Crippen molar-refractivity contribution in [3.8, 4) is 0 Å². The van der Waals surface area contributed by atoms with E-state index in [2.05, 4.69) is 44.9 Å². The molecule has 0 aromatic heterocycles. The molecule has 158 valence electrons. The average molecular weight is 389 g/mol. The smallest absolute Gasteiger partial charge is 0.0630 e. The maximum Gasteiger partial charge on any atom is 0.0630 e. The molecule has 7 atom stereocenters. The number of oxime groups is 2. The van der Waals surface area contributed by atoms with Gasteiger partial charge in [-0.3, -0.25) is 0 Å². The predicted molar refractivity (Wildman–Crippen MR) is 113 cm³/mol. The zero-order valence-corrected chi connectivity index (χ0v) is 18.8. The molecule has 0 saturated heterocycles. The minimum atomic E-state index is -0.0147. The van der Waals surface area contributed by atoms with E-state index in [1.54, 1.807) is 0 Å². The highest BCUT2D eigenvalue weighted by atomic mass is 16.4. The quantitative estimate of drug-likeness (QED) is 0.312. The molecular formula is C24H40N2O2. The van der Waals surface area contributed by atoms with E-state index in [-0.39, 0.29) is 5.41 Å². The van der Waals surface area contributed by atoms with Crippen LogP contribution < -0.4 is 0 Å².